The Labute approximate surface area is 378 Å². The first-order valence-electron chi connectivity index (χ1n) is 21.7. The monoisotopic (exact) mass is 876 g/mol. The van der Waals surface area contributed by atoms with E-state index < -0.39 is 55.0 Å². The fourth-order valence-corrected chi connectivity index (χ4v) is 7.75. The summed E-state index contributed by atoms with van der Waals surface area (Å²) in [6.45, 7) is 5.69. The number of ether oxygens (including phenoxy) is 5. The molecule has 1 aromatic heterocycles. The largest absolute Gasteiger partial charge is 0.459 e. The first kappa shape index (κ1) is 45.9. The molecule has 6 aromatic rings. The number of rotatable bonds is 18. The molecule has 1 fully saturated rings. The van der Waals surface area contributed by atoms with Gasteiger partial charge in [0.05, 0.1) is 22.6 Å². The highest BCUT2D eigenvalue weighted by Gasteiger charge is 2.53. The van der Waals surface area contributed by atoms with Crippen molar-refractivity contribution in [3.8, 4) is 5.88 Å². The van der Waals surface area contributed by atoms with Gasteiger partial charge in [0.15, 0.2) is 18.0 Å². The summed E-state index contributed by atoms with van der Waals surface area (Å²) in [5.74, 6) is -3.41. The van der Waals surface area contributed by atoms with Crippen molar-refractivity contribution in [1.29, 1.82) is 0 Å². The van der Waals surface area contributed by atoms with Crippen LogP contribution in [0.1, 0.15) is 102 Å². The second kappa shape index (κ2) is 22.0. The van der Waals surface area contributed by atoms with Crippen molar-refractivity contribution in [3.63, 3.8) is 0 Å². The smallest absolute Gasteiger partial charge is 0.338 e. The van der Waals surface area contributed by atoms with E-state index in [1.807, 2.05) is 45.1 Å². The Morgan fingerprint density at radius 2 is 1.29 bits per heavy atom. The number of Topliss-reactive ketones (excluding diaryl/α,β-unsaturated/α-hetero) is 1. The summed E-state index contributed by atoms with van der Waals surface area (Å²) in [5.41, 5.74) is 5.67. The molecule has 1 aliphatic heterocycles. The molecule has 334 valence electrons. The van der Waals surface area contributed by atoms with E-state index >= 15 is 0 Å². The van der Waals surface area contributed by atoms with Crippen LogP contribution in [0.5, 0.6) is 5.88 Å². The number of aromatic nitrogens is 2. The first-order chi connectivity index (χ1) is 31.6. The van der Waals surface area contributed by atoms with Gasteiger partial charge in [-0.1, -0.05) is 129 Å². The van der Waals surface area contributed by atoms with Crippen LogP contribution in [0.15, 0.2) is 146 Å². The molecule has 0 bridgehead atoms. The van der Waals surface area contributed by atoms with Crippen LogP contribution in [0.25, 0.3) is 6.08 Å². The van der Waals surface area contributed by atoms with Crippen LogP contribution in [0.3, 0.4) is 0 Å². The van der Waals surface area contributed by atoms with E-state index in [1.165, 1.54) is 0 Å². The average Bonchev–Trinajstić information content (AvgIpc) is 3.73. The number of H-pyrrole nitrogens is 1. The number of benzene rings is 5. The maximum Gasteiger partial charge on any atom is 0.338 e. The Kier molecular flexibility index (Phi) is 15.5. The Balaban J connectivity index is 1.32. The van der Waals surface area contributed by atoms with Crippen LogP contribution in [0.4, 0.5) is 0 Å². The number of nitrogens with zero attached hydrogens (tertiary/aromatic N) is 1. The van der Waals surface area contributed by atoms with Gasteiger partial charge in [0.1, 0.15) is 12.7 Å². The van der Waals surface area contributed by atoms with Gasteiger partial charge < -0.3 is 28.8 Å². The predicted molar refractivity (Wildman–Crippen MR) is 244 cm³/mol. The van der Waals surface area contributed by atoms with Gasteiger partial charge in [-0.25, -0.2) is 14.4 Å². The minimum absolute atomic E-state index is 0.00919. The minimum Gasteiger partial charge on any atom is -0.459 e. The van der Waals surface area contributed by atoms with Crippen LogP contribution in [-0.2, 0) is 25.4 Å². The summed E-state index contributed by atoms with van der Waals surface area (Å²) in [4.78, 5) is 55.9. The molecule has 5 atom stereocenters. The third kappa shape index (κ3) is 11.7. The van der Waals surface area contributed by atoms with E-state index in [9.17, 15) is 24.3 Å². The maximum absolute atomic E-state index is 14.3. The molecule has 2 heterocycles. The molecule has 7 rings (SSSR count). The van der Waals surface area contributed by atoms with Gasteiger partial charge >= 0.3 is 17.9 Å². The molecule has 12 nitrogen and oxygen atoms in total. The van der Waals surface area contributed by atoms with Crippen molar-refractivity contribution in [2.24, 2.45) is 5.92 Å². The fourth-order valence-electron chi connectivity index (χ4n) is 7.75. The lowest BCUT2D eigenvalue weighted by molar-refractivity contribution is -0.259. The van der Waals surface area contributed by atoms with Crippen molar-refractivity contribution in [1.82, 2.24) is 10.2 Å². The number of hydrogen-bond acceptors (Lipinski definition) is 11. The molecule has 65 heavy (non-hydrogen) atoms. The van der Waals surface area contributed by atoms with Gasteiger partial charge in [-0.3, -0.25) is 9.89 Å². The van der Waals surface area contributed by atoms with Crippen molar-refractivity contribution in [2.75, 3.05) is 13.2 Å². The lowest BCUT2D eigenvalue weighted by Gasteiger charge is -2.44. The molecular formula is C53H52N2O10. The summed E-state index contributed by atoms with van der Waals surface area (Å²) in [5, 5.41) is 17.1. The van der Waals surface area contributed by atoms with Crippen LogP contribution in [-0.4, -0.2) is 76.8 Å². The van der Waals surface area contributed by atoms with Gasteiger partial charge in [0.25, 0.3) is 0 Å². The highest BCUT2D eigenvalue weighted by molar-refractivity contribution is 5.96. The van der Waals surface area contributed by atoms with E-state index in [0.717, 1.165) is 27.9 Å². The molecule has 0 amide bonds. The highest BCUT2D eigenvalue weighted by atomic mass is 16.7. The molecule has 0 spiro atoms. The lowest BCUT2D eigenvalue weighted by Crippen LogP contribution is -2.60. The zero-order valence-corrected chi connectivity index (χ0v) is 36.5. The summed E-state index contributed by atoms with van der Waals surface area (Å²) in [6, 6.07) is 39.8. The third-order valence-electron chi connectivity index (χ3n) is 11.2. The van der Waals surface area contributed by atoms with Gasteiger partial charge in [-0.15, -0.1) is 5.10 Å². The Morgan fingerprint density at radius 3 is 1.85 bits per heavy atom. The molecule has 0 unspecified atom stereocenters. The lowest BCUT2D eigenvalue weighted by atomic mass is 9.85. The van der Waals surface area contributed by atoms with Crippen molar-refractivity contribution < 1.29 is 48.0 Å². The second-order valence-corrected chi connectivity index (χ2v) is 16.1. The second-order valence-electron chi connectivity index (χ2n) is 16.1. The number of aryl methyl sites for hydroxylation is 1. The number of aliphatic hydroxyl groups is 1. The first-order valence-corrected chi connectivity index (χ1v) is 21.7. The molecule has 0 radical (unpaired) electrons. The normalized spacial score (nSPS) is 18.3. The summed E-state index contributed by atoms with van der Waals surface area (Å²) >= 11 is 0. The van der Waals surface area contributed by atoms with E-state index in [0.29, 0.717) is 18.4 Å². The molecule has 1 saturated heterocycles. The third-order valence-corrected chi connectivity index (χ3v) is 11.2. The van der Waals surface area contributed by atoms with E-state index in [1.54, 1.807) is 121 Å². The number of aliphatic hydroxyl groups excluding tert-OH is 1. The van der Waals surface area contributed by atoms with Gasteiger partial charge in [-0.2, -0.15) is 0 Å². The number of nitrogens with one attached hydrogen (secondary N) is 1. The van der Waals surface area contributed by atoms with Crippen LogP contribution in [0, 0.1) is 12.8 Å². The number of ketones is 1. The molecule has 5 aromatic carbocycles. The van der Waals surface area contributed by atoms with Gasteiger partial charge in [0.2, 0.25) is 12.2 Å². The highest BCUT2D eigenvalue weighted by Crippen LogP contribution is 2.38. The average molecular weight is 877 g/mol. The molecule has 1 aliphatic rings. The number of carbonyl (C=O) groups is 4. The van der Waals surface area contributed by atoms with Gasteiger partial charge in [-0.05, 0) is 72.4 Å². The Morgan fingerprint density at radius 1 is 0.738 bits per heavy atom. The summed E-state index contributed by atoms with van der Waals surface area (Å²) in [6.07, 6.45) is -0.879. The Hall–Kier alpha value is -7.15. The summed E-state index contributed by atoms with van der Waals surface area (Å²) in [7, 11) is 0. The fraction of sp³-hybridized carbons (Fsp3) is 0.264. The van der Waals surface area contributed by atoms with Crippen molar-refractivity contribution in [3.05, 3.63) is 196 Å². The molecule has 0 aliphatic carbocycles. The molecule has 12 heteroatoms. The van der Waals surface area contributed by atoms with E-state index in [4.69, 9.17) is 23.7 Å². The minimum atomic E-state index is -1.41. The van der Waals surface area contributed by atoms with Crippen molar-refractivity contribution in [2.45, 2.75) is 70.6 Å². The number of esters is 3. The molecule has 2 N–H and O–H groups in total. The van der Waals surface area contributed by atoms with Crippen LogP contribution < -0.4 is 4.74 Å². The Bertz CT molecular complexity index is 2560. The van der Waals surface area contributed by atoms with E-state index in [2.05, 4.69) is 16.3 Å². The number of hydrogen-bond donors (Lipinski definition) is 2. The van der Waals surface area contributed by atoms with Gasteiger partial charge in [0, 0.05) is 36.3 Å². The molecule has 0 saturated carbocycles. The molecular weight excluding hydrogens is 825 g/mol. The number of aromatic amines is 1. The van der Waals surface area contributed by atoms with Crippen molar-refractivity contribution >= 4 is 29.8 Å². The maximum atomic E-state index is 14.3. The standard InChI is InChI=1S/C53H52N2O10/c1-34(2)46-42(31-41-28-27-36(30-35(41)3)18-16-17-29-56)49(55-54-46)65-53-43(32-44(57)37-19-8-4-9-20-37)47(63-51(59)39-23-12-6-13-24-39)48(64-52(60)40-25-14-7-15-26-40)45(62-53)33-61-50(58)38-21-10-5-11-22-38/h4-16,18-28,30,34,43,45,47-48,53,56H,17,29,31-33H2,1-3H3,(H,54,55)/b18-16+/t43-,45-,47-,48-,53+/m1/s1. The predicted octanol–water partition coefficient (Wildman–Crippen LogP) is 9.13. The topological polar surface area (TPSA) is 163 Å². The van der Waals surface area contributed by atoms with Crippen LogP contribution >= 0.6 is 0 Å². The van der Waals surface area contributed by atoms with Crippen LogP contribution in [0.2, 0.25) is 0 Å². The van der Waals surface area contributed by atoms with E-state index in [-0.39, 0.29) is 47.3 Å². The quantitative estimate of drug-likeness (QED) is 0.0481. The SMILES string of the molecule is Cc1cc(/C=C/CCO)ccc1Cc1c(O[C@@H]2O[C@H](COC(=O)c3ccccc3)[C@@H](OC(=O)c3ccccc3)[C@H](OC(=O)c3ccccc3)[C@H]2CC(=O)c2ccccc2)n[nH]c1C(C)C. The zero-order chi connectivity index (χ0) is 45.7. The zero-order valence-electron chi connectivity index (χ0n) is 36.5. The summed E-state index contributed by atoms with van der Waals surface area (Å²) < 4.78 is 32.0. The number of carbonyl (C=O) groups excluding carboxylic acids is 4.